The molecule has 68 heavy (non-hydrogen) atoms. The molecule has 0 spiro atoms. The number of phosphoric acid groups is 1. The molecule has 0 aromatic rings. The van der Waals surface area contributed by atoms with E-state index >= 15 is 0 Å². The van der Waals surface area contributed by atoms with Crippen molar-refractivity contribution in [3.63, 3.8) is 0 Å². The molecular weight excluding hydrogens is 864 g/mol. The Bertz CT molecular complexity index is 1120. The summed E-state index contributed by atoms with van der Waals surface area (Å²) in [4.78, 5) is 23.3. The van der Waals surface area contributed by atoms with Gasteiger partial charge in [0.25, 0.3) is 0 Å². The second kappa shape index (κ2) is 51.2. The number of likely N-dealkylation sites (N-methyl/N-ethyl adjacent to an activating group) is 1. The van der Waals surface area contributed by atoms with Crippen LogP contribution in [-0.4, -0.2) is 73.4 Å². The zero-order chi connectivity index (χ0) is 49.9. The Morgan fingerprint density at radius 3 is 1.13 bits per heavy atom. The van der Waals surface area contributed by atoms with Crippen LogP contribution in [0.15, 0.2) is 12.2 Å². The summed E-state index contributed by atoms with van der Waals surface area (Å²) in [5.41, 5.74) is 0. The number of nitrogens with zero attached hydrogens (tertiary/aromatic N) is 1. The van der Waals surface area contributed by atoms with E-state index in [1.54, 1.807) is 0 Å². The van der Waals surface area contributed by atoms with Gasteiger partial charge in [-0.05, 0) is 38.5 Å². The van der Waals surface area contributed by atoms with E-state index in [4.69, 9.17) is 9.05 Å². The molecule has 0 bridgehead atoms. The number of aliphatic hydroxyl groups is 1. The minimum absolute atomic E-state index is 0.0763. The Balaban J connectivity index is 4.08. The minimum Gasteiger partial charge on any atom is -0.391 e. The number of aliphatic hydroxyl groups excluding tert-OH is 1. The molecule has 0 heterocycles. The molecule has 0 radical (unpaired) electrons. The average molecular weight is 985 g/mol. The molecule has 0 saturated carbocycles. The molecule has 0 saturated heterocycles. The van der Waals surface area contributed by atoms with Gasteiger partial charge in [0.2, 0.25) is 5.91 Å². The number of carbonyl (C=O) groups excluding carboxylic acids is 1. The Morgan fingerprint density at radius 1 is 0.485 bits per heavy atom. The van der Waals surface area contributed by atoms with Gasteiger partial charge in [0, 0.05) is 6.42 Å². The molecule has 0 aliphatic rings. The molecule has 0 aliphatic heterocycles. The molecule has 3 unspecified atom stereocenters. The van der Waals surface area contributed by atoms with Crippen LogP contribution < -0.4 is 5.32 Å². The van der Waals surface area contributed by atoms with Gasteiger partial charge in [-0.1, -0.05) is 276 Å². The first-order valence-electron chi connectivity index (χ1n) is 30.1. The average Bonchev–Trinajstić information content (AvgIpc) is 3.30. The SMILES string of the molecule is CCCCCCCCC/C=C\CCCCCCCCCC(=O)NC(COP(=O)(O)OCC[N+](C)(C)C)C(O)CCCCCCCCCCCCCCCCCCCCCCCCCCCCCC. The summed E-state index contributed by atoms with van der Waals surface area (Å²) in [6.45, 7) is 4.93. The van der Waals surface area contributed by atoms with Crippen molar-refractivity contribution >= 4 is 13.7 Å². The van der Waals surface area contributed by atoms with Gasteiger partial charge in [-0.15, -0.1) is 0 Å². The van der Waals surface area contributed by atoms with Crippen LogP contribution in [0.1, 0.15) is 309 Å². The Labute approximate surface area is 424 Å². The van der Waals surface area contributed by atoms with E-state index in [9.17, 15) is 19.4 Å². The number of allylic oxidation sites excluding steroid dienone is 2. The lowest BCUT2D eigenvalue weighted by Gasteiger charge is -2.26. The van der Waals surface area contributed by atoms with Gasteiger partial charge in [-0.25, -0.2) is 4.57 Å². The molecule has 9 heteroatoms. The number of quaternary nitrogens is 1. The third-order valence-electron chi connectivity index (χ3n) is 14.0. The van der Waals surface area contributed by atoms with Crippen molar-refractivity contribution in [1.29, 1.82) is 0 Å². The Hall–Kier alpha value is -0.760. The smallest absolute Gasteiger partial charge is 0.391 e. The lowest BCUT2D eigenvalue weighted by Crippen LogP contribution is -2.46. The number of unbranched alkanes of at least 4 members (excludes halogenated alkanes) is 41. The maximum Gasteiger partial charge on any atom is 0.472 e. The molecule has 0 fully saturated rings. The highest BCUT2D eigenvalue weighted by Gasteiger charge is 2.28. The van der Waals surface area contributed by atoms with E-state index in [0.29, 0.717) is 23.9 Å². The monoisotopic (exact) mass is 984 g/mol. The molecular formula is C59H120N2O6P+. The van der Waals surface area contributed by atoms with E-state index in [1.165, 1.54) is 244 Å². The second-order valence-corrected chi connectivity index (χ2v) is 23.5. The molecule has 3 atom stereocenters. The van der Waals surface area contributed by atoms with E-state index in [-0.39, 0.29) is 19.1 Å². The Kier molecular flexibility index (Phi) is 50.6. The van der Waals surface area contributed by atoms with Crippen LogP contribution in [0.2, 0.25) is 0 Å². The summed E-state index contributed by atoms with van der Waals surface area (Å²) in [7, 11) is 1.63. The highest BCUT2D eigenvalue weighted by Crippen LogP contribution is 2.43. The number of carbonyl (C=O) groups is 1. The minimum atomic E-state index is -4.32. The number of amides is 1. The zero-order valence-corrected chi connectivity index (χ0v) is 47.3. The molecule has 0 aromatic carbocycles. The first-order chi connectivity index (χ1) is 33.0. The van der Waals surface area contributed by atoms with Crippen LogP contribution in [0.4, 0.5) is 0 Å². The second-order valence-electron chi connectivity index (χ2n) is 22.1. The fourth-order valence-electron chi connectivity index (χ4n) is 9.28. The van der Waals surface area contributed by atoms with Gasteiger partial charge in [0.15, 0.2) is 0 Å². The normalized spacial score (nSPS) is 13.9. The summed E-state index contributed by atoms with van der Waals surface area (Å²) in [6.07, 6.45) is 62.8. The van der Waals surface area contributed by atoms with Crippen LogP contribution in [0, 0.1) is 0 Å². The van der Waals surface area contributed by atoms with E-state index in [0.717, 1.165) is 38.5 Å². The molecule has 8 nitrogen and oxygen atoms in total. The zero-order valence-electron chi connectivity index (χ0n) is 46.4. The van der Waals surface area contributed by atoms with Gasteiger partial charge in [0.05, 0.1) is 39.9 Å². The third kappa shape index (κ3) is 53.0. The van der Waals surface area contributed by atoms with Crippen LogP contribution in [-0.2, 0) is 18.4 Å². The van der Waals surface area contributed by atoms with Crippen molar-refractivity contribution in [2.24, 2.45) is 0 Å². The van der Waals surface area contributed by atoms with Gasteiger partial charge >= 0.3 is 7.82 Å². The summed E-state index contributed by atoms with van der Waals surface area (Å²) >= 11 is 0. The summed E-state index contributed by atoms with van der Waals surface area (Å²) < 4.78 is 23.8. The molecule has 1 amide bonds. The van der Waals surface area contributed by atoms with E-state index in [1.807, 2.05) is 21.1 Å². The van der Waals surface area contributed by atoms with Crippen molar-refractivity contribution in [2.75, 3.05) is 40.9 Å². The highest BCUT2D eigenvalue weighted by atomic mass is 31.2. The first kappa shape index (κ1) is 67.2. The summed E-state index contributed by atoms with van der Waals surface area (Å²) in [5, 5.41) is 14.1. The molecule has 0 aliphatic carbocycles. The molecule has 0 rings (SSSR count). The van der Waals surface area contributed by atoms with Crippen LogP contribution in [0.25, 0.3) is 0 Å². The fraction of sp³-hybridized carbons (Fsp3) is 0.949. The molecule has 3 N–H and O–H groups in total. The van der Waals surface area contributed by atoms with Gasteiger partial charge < -0.3 is 19.8 Å². The van der Waals surface area contributed by atoms with Crippen molar-refractivity contribution < 1.29 is 32.9 Å². The quantitative estimate of drug-likeness (QED) is 0.0243. The van der Waals surface area contributed by atoms with Crippen LogP contribution >= 0.6 is 7.82 Å². The van der Waals surface area contributed by atoms with Gasteiger partial charge in [0.1, 0.15) is 13.2 Å². The van der Waals surface area contributed by atoms with Crippen molar-refractivity contribution in [3.05, 3.63) is 12.2 Å². The van der Waals surface area contributed by atoms with Gasteiger partial charge in [-0.2, -0.15) is 0 Å². The first-order valence-corrected chi connectivity index (χ1v) is 31.5. The largest absolute Gasteiger partial charge is 0.472 e. The molecule has 406 valence electrons. The maximum absolute atomic E-state index is 13.0. The third-order valence-corrected chi connectivity index (χ3v) is 15.0. The lowest BCUT2D eigenvalue weighted by molar-refractivity contribution is -0.870. The van der Waals surface area contributed by atoms with Crippen LogP contribution in [0.3, 0.4) is 0 Å². The topological polar surface area (TPSA) is 105 Å². The van der Waals surface area contributed by atoms with Crippen molar-refractivity contribution in [1.82, 2.24) is 5.32 Å². The number of nitrogens with one attached hydrogen (secondary N) is 1. The molecule has 0 aromatic heterocycles. The van der Waals surface area contributed by atoms with Crippen molar-refractivity contribution in [3.8, 4) is 0 Å². The Morgan fingerprint density at radius 2 is 0.794 bits per heavy atom. The highest BCUT2D eigenvalue weighted by molar-refractivity contribution is 7.47. The summed E-state index contributed by atoms with van der Waals surface area (Å²) in [6, 6.07) is -0.761. The standard InChI is InChI=1S/C59H119N2O6P/c1-6-8-10-12-14-16-18-20-22-24-26-27-28-29-30-31-32-33-34-35-36-38-40-42-44-46-48-50-52-58(62)57(56-67-68(64,65)66-55-54-61(3,4)5)60-59(63)53-51-49-47-45-43-41-39-37-25-23-21-19-17-15-13-11-9-7-2/h23,25,57-58,62H,6-22,24,26-56H2,1-5H3,(H-,60,63,64,65)/p+1/b25-23-. The number of hydrogen-bond donors (Lipinski definition) is 3. The van der Waals surface area contributed by atoms with Crippen molar-refractivity contribution in [2.45, 2.75) is 321 Å². The summed E-state index contributed by atoms with van der Waals surface area (Å²) in [5.74, 6) is -0.143. The predicted molar refractivity (Wildman–Crippen MR) is 295 cm³/mol. The fourth-order valence-corrected chi connectivity index (χ4v) is 10.0. The van der Waals surface area contributed by atoms with E-state index < -0.39 is 20.0 Å². The van der Waals surface area contributed by atoms with E-state index in [2.05, 4.69) is 31.3 Å². The number of rotatable bonds is 56. The number of hydrogen-bond acceptors (Lipinski definition) is 5. The van der Waals surface area contributed by atoms with Crippen LogP contribution in [0.5, 0.6) is 0 Å². The maximum atomic E-state index is 13.0. The lowest BCUT2D eigenvalue weighted by atomic mass is 10.0. The predicted octanol–water partition coefficient (Wildman–Crippen LogP) is 18.2. The number of phosphoric ester groups is 1. The van der Waals surface area contributed by atoms with Gasteiger partial charge in [-0.3, -0.25) is 13.8 Å².